The van der Waals surface area contributed by atoms with Gasteiger partial charge in [-0.15, -0.1) is 0 Å². The molecule has 28 heavy (non-hydrogen) atoms. The van der Waals surface area contributed by atoms with Gasteiger partial charge in [0.15, 0.2) is 0 Å². The van der Waals surface area contributed by atoms with Crippen molar-refractivity contribution in [2.75, 3.05) is 13.7 Å². The highest BCUT2D eigenvalue weighted by Crippen LogP contribution is 2.30. The van der Waals surface area contributed by atoms with Crippen LogP contribution in [-0.2, 0) is 26.0 Å². The van der Waals surface area contributed by atoms with Gasteiger partial charge in [0.05, 0.1) is 24.1 Å². The Labute approximate surface area is 163 Å². The Morgan fingerprint density at radius 3 is 2.54 bits per heavy atom. The Morgan fingerprint density at radius 2 is 1.89 bits per heavy atom. The van der Waals surface area contributed by atoms with Gasteiger partial charge in [0, 0.05) is 18.0 Å². The summed E-state index contributed by atoms with van der Waals surface area (Å²) in [5.74, 6) is 0.0468. The summed E-state index contributed by atoms with van der Waals surface area (Å²) in [5.41, 5.74) is 7.06. The minimum absolute atomic E-state index is 0.139. The first-order chi connectivity index (χ1) is 13.4. The van der Waals surface area contributed by atoms with Crippen LogP contribution in [0.3, 0.4) is 0 Å². The summed E-state index contributed by atoms with van der Waals surface area (Å²) in [6, 6.07) is 12.4. The first-order valence-corrected chi connectivity index (χ1v) is 10.2. The lowest BCUT2D eigenvalue weighted by atomic mass is 10.1. The van der Waals surface area contributed by atoms with E-state index in [2.05, 4.69) is 0 Å². The quantitative estimate of drug-likeness (QED) is 0.609. The number of nitrogens with zero attached hydrogens (tertiary/aromatic N) is 1. The normalized spacial score (nSPS) is 12.7. The highest BCUT2D eigenvalue weighted by atomic mass is 32.2. The standard InChI is InChI=1S/C20H22N2O5S/c1-3-27-20(23)18(21)11-14-13-22(19-10-9-15(26-2)12-17(14)19)28(24,25)16-7-5-4-6-8-16/h4-10,12-13,18H,3,11,21H2,1-2H3/t18-/m0/s1. The fraction of sp³-hybridized carbons (Fsp3) is 0.250. The van der Waals surface area contributed by atoms with Gasteiger partial charge in [-0.1, -0.05) is 18.2 Å². The third-order valence-electron chi connectivity index (χ3n) is 4.39. The first kappa shape index (κ1) is 19.9. The molecule has 0 fully saturated rings. The number of benzene rings is 2. The smallest absolute Gasteiger partial charge is 0.323 e. The van der Waals surface area contributed by atoms with Gasteiger partial charge in [-0.3, -0.25) is 4.79 Å². The van der Waals surface area contributed by atoms with Crippen molar-refractivity contribution in [1.82, 2.24) is 3.97 Å². The number of nitrogens with two attached hydrogens (primary N) is 1. The fourth-order valence-corrected chi connectivity index (χ4v) is 4.42. The molecule has 0 bridgehead atoms. The molecule has 0 saturated carbocycles. The van der Waals surface area contributed by atoms with Gasteiger partial charge >= 0.3 is 5.97 Å². The number of methoxy groups -OCH3 is 1. The molecule has 8 heteroatoms. The van der Waals surface area contributed by atoms with Crippen LogP contribution in [0.5, 0.6) is 5.75 Å². The van der Waals surface area contributed by atoms with Crippen LogP contribution in [0.2, 0.25) is 0 Å². The van der Waals surface area contributed by atoms with E-state index in [9.17, 15) is 13.2 Å². The number of ether oxygens (including phenoxy) is 2. The zero-order valence-corrected chi connectivity index (χ0v) is 16.5. The average Bonchev–Trinajstić information content (AvgIpc) is 3.07. The van der Waals surface area contributed by atoms with E-state index in [4.69, 9.17) is 15.2 Å². The molecule has 2 aromatic carbocycles. The minimum Gasteiger partial charge on any atom is -0.497 e. The molecule has 2 N–H and O–H groups in total. The zero-order valence-electron chi connectivity index (χ0n) is 15.7. The largest absolute Gasteiger partial charge is 0.497 e. The summed E-state index contributed by atoms with van der Waals surface area (Å²) < 4.78 is 37.7. The van der Waals surface area contributed by atoms with Crippen LogP contribution in [0.25, 0.3) is 10.9 Å². The average molecular weight is 402 g/mol. The molecule has 3 rings (SSSR count). The Kier molecular flexibility index (Phi) is 5.71. The number of hydrogen-bond acceptors (Lipinski definition) is 6. The van der Waals surface area contributed by atoms with Crippen LogP contribution in [0.4, 0.5) is 0 Å². The molecule has 1 aromatic heterocycles. The molecule has 0 saturated heterocycles. The number of esters is 1. The molecule has 0 aliphatic heterocycles. The lowest BCUT2D eigenvalue weighted by molar-refractivity contribution is -0.144. The maximum Gasteiger partial charge on any atom is 0.323 e. The van der Waals surface area contributed by atoms with E-state index in [1.165, 1.54) is 29.4 Å². The highest BCUT2D eigenvalue weighted by molar-refractivity contribution is 7.90. The Morgan fingerprint density at radius 1 is 1.18 bits per heavy atom. The van der Waals surface area contributed by atoms with E-state index in [1.807, 2.05) is 0 Å². The second-order valence-electron chi connectivity index (χ2n) is 6.21. The van der Waals surface area contributed by atoms with Gasteiger partial charge < -0.3 is 15.2 Å². The lowest BCUT2D eigenvalue weighted by Gasteiger charge is -2.09. The van der Waals surface area contributed by atoms with Crippen LogP contribution >= 0.6 is 0 Å². The Balaban J connectivity index is 2.13. The lowest BCUT2D eigenvalue weighted by Crippen LogP contribution is -2.34. The maximum absolute atomic E-state index is 13.1. The predicted octanol–water partition coefficient (Wildman–Crippen LogP) is 2.32. The molecule has 148 valence electrons. The summed E-state index contributed by atoms with van der Waals surface area (Å²) in [7, 11) is -2.28. The molecule has 0 aliphatic rings. The number of hydrogen-bond donors (Lipinski definition) is 1. The van der Waals surface area contributed by atoms with Crippen molar-refractivity contribution in [3.63, 3.8) is 0 Å². The number of aromatic nitrogens is 1. The van der Waals surface area contributed by atoms with Crippen LogP contribution in [-0.4, -0.2) is 38.1 Å². The molecule has 0 radical (unpaired) electrons. The molecule has 1 heterocycles. The monoisotopic (exact) mass is 402 g/mol. The molecule has 0 spiro atoms. The fourth-order valence-electron chi connectivity index (χ4n) is 3.01. The van der Waals surface area contributed by atoms with Crippen molar-refractivity contribution in [2.24, 2.45) is 5.73 Å². The maximum atomic E-state index is 13.1. The van der Waals surface area contributed by atoms with Gasteiger partial charge in [-0.2, -0.15) is 0 Å². The Bertz CT molecular complexity index is 1090. The Hall–Kier alpha value is -2.84. The molecule has 0 amide bonds. The van der Waals surface area contributed by atoms with Gasteiger partial charge in [-0.05, 0) is 42.8 Å². The summed E-state index contributed by atoms with van der Waals surface area (Å²) in [4.78, 5) is 12.1. The van der Waals surface area contributed by atoms with E-state index in [-0.39, 0.29) is 17.9 Å². The predicted molar refractivity (Wildman–Crippen MR) is 106 cm³/mol. The van der Waals surface area contributed by atoms with Crippen LogP contribution in [0.15, 0.2) is 59.6 Å². The topological polar surface area (TPSA) is 101 Å². The van der Waals surface area contributed by atoms with Crippen molar-refractivity contribution in [1.29, 1.82) is 0 Å². The van der Waals surface area contributed by atoms with Crippen molar-refractivity contribution >= 4 is 26.9 Å². The zero-order chi connectivity index (χ0) is 20.3. The molecule has 3 aromatic rings. The second kappa shape index (κ2) is 8.04. The minimum atomic E-state index is -3.81. The molecular weight excluding hydrogens is 380 g/mol. The molecule has 0 unspecified atom stereocenters. The number of carbonyl (C=O) groups is 1. The van der Waals surface area contributed by atoms with Crippen molar-refractivity contribution in [2.45, 2.75) is 24.3 Å². The number of rotatable bonds is 7. The van der Waals surface area contributed by atoms with Crippen LogP contribution < -0.4 is 10.5 Å². The molecular formula is C20H22N2O5S. The van der Waals surface area contributed by atoms with E-state index in [0.717, 1.165) is 0 Å². The van der Waals surface area contributed by atoms with Gasteiger partial charge in [0.2, 0.25) is 0 Å². The van der Waals surface area contributed by atoms with Crippen molar-refractivity contribution < 1.29 is 22.7 Å². The van der Waals surface area contributed by atoms with Crippen LogP contribution in [0, 0.1) is 0 Å². The van der Waals surface area contributed by atoms with Crippen molar-refractivity contribution in [3.05, 3.63) is 60.3 Å². The SMILES string of the molecule is CCOC(=O)[C@@H](N)Cc1cn(S(=O)(=O)c2ccccc2)c2ccc(OC)cc12. The van der Waals surface area contributed by atoms with E-state index in [0.29, 0.717) is 22.2 Å². The first-order valence-electron chi connectivity index (χ1n) is 8.79. The summed E-state index contributed by atoms with van der Waals surface area (Å²) in [5, 5.41) is 0.651. The third-order valence-corrected chi connectivity index (χ3v) is 6.08. The second-order valence-corrected chi connectivity index (χ2v) is 8.03. The summed E-state index contributed by atoms with van der Waals surface area (Å²) in [6.45, 7) is 1.93. The molecule has 7 nitrogen and oxygen atoms in total. The van der Waals surface area contributed by atoms with Crippen molar-refractivity contribution in [3.8, 4) is 5.75 Å². The summed E-state index contributed by atoms with van der Waals surface area (Å²) >= 11 is 0. The van der Waals surface area contributed by atoms with E-state index >= 15 is 0 Å². The van der Waals surface area contributed by atoms with E-state index < -0.39 is 22.0 Å². The van der Waals surface area contributed by atoms with Gasteiger partial charge in [0.25, 0.3) is 10.0 Å². The number of carbonyl (C=O) groups excluding carboxylic acids is 1. The number of fused-ring (bicyclic) bond motifs is 1. The van der Waals surface area contributed by atoms with Gasteiger partial charge in [0.1, 0.15) is 11.8 Å². The molecule has 1 atom stereocenters. The van der Waals surface area contributed by atoms with Gasteiger partial charge in [-0.25, -0.2) is 12.4 Å². The third kappa shape index (κ3) is 3.74. The van der Waals surface area contributed by atoms with Crippen LogP contribution in [0.1, 0.15) is 12.5 Å². The summed E-state index contributed by atoms with van der Waals surface area (Å²) in [6.07, 6.45) is 1.64. The van der Waals surface area contributed by atoms with E-state index in [1.54, 1.807) is 43.3 Å². The highest BCUT2D eigenvalue weighted by Gasteiger charge is 2.24. The molecule has 0 aliphatic carbocycles.